The van der Waals surface area contributed by atoms with Gasteiger partial charge in [-0.05, 0) is 37.0 Å². The molecule has 2 aliphatic rings. The fourth-order valence-corrected chi connectivity index (χ4v) is 3.76. The molecule has 0 spiro atoms. The highest BCUT2D eigenvalue weighted by Gasteiger charge is 2.43. The van der Waals surface area contributed by atoms with Crippen molar-refractivity contribution in [2.75, 3.05) is 6.54 Å². The van der Waals surface area contributed by atoms with Gasteiger partial charge in [0.2, 0.25) is 0 Å². The molecule has 1 aromatic rings. The molecule has 0 aliphatic carbocycles. The average Bonchev–Trinajstić information content (AvgIpc) is 2.96. The van der Waals surface area contributed by atoms with E-state index < -0.39 is 0 Å². The summed E-state index contributed by atoms with van der Waals surface area (Å²) in [6.45, 7) is 2.67. The van der Waals surface area contributed by atoms with Crippen LogP contribution in [0.2, 0.25) is 10.0 Å². The molecule has 1 amide bonds. The standard InChI is InChI=1S/C15H15Cl2NO2/c1-2-8-6-9(16)7-10(17)12(8)13-14(19)11-4-3-5-18(11)15(13)20/h6-7,11,19H,2-5H2,1H3. The lowest BCUT2D eigenvalue weighted by Crippen LogP contribution is -2.29. The minimum Gasteiger partial charge on any atom is -0.509 e. The molecule has 1 atom stereocenters. The molecule has 2 heterocycles. The van der Waals surface area contributed by atoms with Gasteiger partial charge in [-0.2, -0.15) is 0 Å². The first-order valence-corrected chi connectivity index (χ1v) is 7.52. The Morgan fingerprint density at radius 1 is 1.40 bits per heavy atom. The van der Waals surface area contributed by atoms with Crippen LogP contribution in [0.25, 0.3) is 5.57 Å². The van der Waals surface area contributed by atoms with Crippen molar-refractivity contribution < 1.29 is 9.90 Å². The van der Waals surface area contributed by atoms with Crippen molar-refractivity contribution in [1.29, 1.82) is 0 Å². The lowest BCUT2D eigenvalue weighted by atomic mass is 9.96. The Labute approximate surface area is 127 Å². The van der Waals surface area contributed by atoms with Crippen LogP contribution in [0.5, 0.6) is 0 Å². The predicted octanol–water partition coefficient (Wildman–Crippen LogP) is 3.83. The van der Waals surface area contributed by atoms with Crippen molar-refractivity contribution in [2.24, 2.45) is 0 Å². The fraction of sp³-hybridized carbons (Fsp3) is 0.400. The molecule has 20 heavy (non-hydrogen) atoms. The van der Waals surface area contributed by atoms with Crippen LogP contribution >= 0.6 is 23.2 Å². The van der Waals surface area contributed by atoms with Crippen LogP contribution < -0.4 is 0 Å². The summed E-state index contributed by atoms with van der Waals surface area (Å²) in [5.41, 5.74) is 1.88. The number of benzene rings is 1. The van der Waals surface area contributed by atoms with Gasteiger partial charge in [0.25, 0.3) is 5.91 Å². The maximum atomic E-state index is 12.5. The Morgan fingerprint density at radius 3 is 2.80 bits per heavy atom. The first-order chi connectivity index (χ1) is 9.54. The van der Waals surface area contributed by atoms with Crippen LogP contribution in [-0.2, 0) is 11.2 Å². The Kier molecular flexibility index (Phi) is 3.43. The van der Waals surface area contributed by atoms with E-state index in [0.29, 0.717) is 34.1 Å². The Balaban J connectivity index is 2.18. The second kappa shape index (κ2) is 4.97. The van der Waals surface area contributed by atoms with Crippen molar-refractivity contribution in [2.45, 2.75) is 32.2 Å². The number of amides is 1. The Hall–Kier alpha value is -1.19. The van der Waals surface area contributed by atoms with Crippen LogP contribution in [0.3, 0.4) is 0 Å². The molecule has 1 N–H and O–H groups in total. The monoisotopic (exact) mass is 311 g/mol. The van der Waals surface area contributed by atoms with Gasteiger partial charge in [-0.15, -0.1) is 0 Å². The molecular formula is C15H15Cl2NO2. The summed E-state index contributed by atoms with van der Waals surface area (Å²) in [7, 11) is 0. The van der Waals surface area contributed by atoms with E-state index in [4.69, 9.17) is 23.2 Å². The van der Waals surface area contributed by atoms with Crippen molar-refractivity contribution in [3.05, 3.63) is 39.1 Å². The van der Waals surface area contributed by atoms with Gasteiger partial charge in [0.05, 0.1) is 16.6 Å². The zero-order chi connectivity index (χ0) is 14.4. The molecule has 5 heteroatoms. The van der Waals surface area contributed by atoms with E-state index in [9.17, 15) is 9.90 Å². The van der Waals surface area contributed by atoms with Crippen molar-refractivity contribution in [3.63, 3.8) is 0 Å². The molecule has 106 valence electrons. The molecule has 2 aliphatic heterocycles. The second-order valence-corrected chi connectivity index (χ2v) is 6.04. The van der Waals surface area contributed by atoms with Gasteiger partial charge in [-0.3, -0.25) is 4.79 Å². The van der Waals surface area contributed by atoms with Crippen LogP contribution in [-0.4, -0.2) is 28.5 Å². The Bertz CT molecular complexity index is 625. The molecular weight excluding hydrogens is 297 g/mol. The molecule has 1 aromatic carbocycles. The van der Waals surface area contributed by atoms with E-state index in [1.165, 1.54) is 0 Å². The van der Waals surface area contributed by atoms with Crippen LogP contribution in [0.15, 0.2) is 17.9 Å². The molecule has 0 bridgehead atoms. The summed E-state index contributed by atoms with van der Waals surface area (Å²) in [5.74, 6) is 0.0374. The third-order valence-electron chi connectivity index (χ3n) is 4.07. The second-order valence-electron chi connectivity index (χ2n) is 5.19. The summed E-state index contributed by atoms with van der Waals surface area (Å²) < 4.78 is 0. The smallest absolute Gasteiger partial charge is 0.258 e. The highest BCUT2D eigenvalue weighted by molar-refractivity contribution is 6.38. The summed E-state index contributed by atoms with van der Waals surface area (Å²) in [6.07, 6.45) is 2.45. The molecule has 3 rings (SSSR count). The summed E-state index contributed by atoms with van der Waals surface area (Å²) in [4.78, 5) is 14.3. The lowest BCUT2D eigenvalue weighted by Gasteiger charge is -2.15. The number of nitrogens with zero attached hydrogens (tertiary/aromatic N) is 1. The highest BCUT2D eigenvalue weighted by Crippen LogP contribution is 2.41. The van der Waals surface area contributed by atoms with E-state index in [-0.39, 0.29) is 17.7 Å². The topological polar surface area (TPSA) is 40.5 Å². The summed E-state index contributed by atoms with van der Waals surface area (Å²) in [6, 6.07) is 3.25. The van der Waals surface area contributed by atoms with E-state index in [2.05, 4.69) is 0 Å². The largest absolute Gasteiger partial charge is 0.509 e. The molecule has 0 radical (unpaired) electrons. The van der Waals surface area contributed by atoms with Crippen LogP contribution in [0.4, 0.5) is 0 Å². The third kappa shape index (κ3) is 1.92. The van der Waals surface area contributed by atoms with Gasteiger partial charge >= 0.3 is 0 Å². The number of carbonyl (C=O) groups excluding carboxylic acids is 1. The zero-order valence-electron chi connectivity index (χ0n) is 11.1. The number of aliphatic hydroxyl groups is 1. The van der Waals surface area contributed by atoms with E-state index >= 15 is 0 Å². The first kappa shape index (κ1) is 13.8. The number of aryl methyl sites for hydroxylation is 1. The minimum absolute atomic E-state index is 0.121. The van der Waals surface area contributed by atoms with Crippen molar-refractivity contribution >= 4 is 34.7 Å². The Morgan fingerprint density at radius 2 is 2.15 bits per heavy atom. The first-order valence-electron chi connectivity index (χ1n) is 6.77. The predicted molar refractivity (Wildman–Crippen MR) is 80.1 cm³/mol. The van der Waals surface area contributed by atoms with Crippen LogP contribution in [0.1, 0.15) is 30.9 Å². The number of hydrogen-bond acceptors (Lipinski definition) is 2. The van der Waals surface area contributed by atoms with Crippen molar-refractivity contribution in [1.82, 2.24) is 4.90 Å². The maximum Gasteiger partial charge on any atom is 0.258 e. The number of hydrogen-bond donors (Lipinski definition) is 1. The number of carbonyl (C=O) groups is 1. The maximum absolute atomic E-state index is 12.5. The van der Waals surface area contributed by atoms with Gasteiger partial charge in [0, 0.05) is 17.1 Å². The van der Waals surface area contributed by atoms with E-state index in [1.807, 2.05) is 6.92 Å². The molecule has 1 fully saturated rings. The summed E-state index contributed by atoms with van der Waals surface area (Å²) >= 11 is 12.3. The van der Waals surface area contributed by atoms with Gasteiger partial charge in [0.15, 0.2) is 0 Å². The number of halogens is 2. The molecule has 0 aromatic heterocycles. The lowest BCUT2D eigenvalue weighted by molar-refractivity contribution is -0.124. The van der Waals surface area contributed by atoms with Crippen LogP contribution in [0, 0.1) is 0 Å². The number of fused-ring (bicyclic) bond motifs is 1. The molecule has 3 nitrogen and oxygen atoms in total. The fourth-order valence-electron chi connectivity index (χ4n) is 3.13. The summed E-state index contributed by atoms with van der Waals surface area (Å²) in [5, 5.41) is 11.4. The number of rotatable bonds is 2. The van der Waals surface area contributed by atoms with E-state index in [1.54, 1.807) is 17.0 Å². The molecule has 1 unspecified atom stereocenters. The minimum atomic E-state index is -0.172. The van der Waals surface area contributed by atoms with Gasteiger partial charge in [0.1, 0.15) is 5.76 Å². The molecule has 1 saturated heterocycles. The van der Waals surface area contributed by atoms with Crippen molar-refractivity contribution in [3.8, 4) is 0 Å². The highest BCUT2D eigenvalue weighted by atomic mass is 35.5. The average molecular weight is 312 g/mol. The SMILES string of the molecule is CCc1cc(Cl)cc(Cl)c1C1=C(O)C2CCCN2C1=O. The zero-order valence-corrected chi connectivity index (χ0v) is 12.6. The van der Waals surface area contributed by atoms with E-state index in [0.717, 1.165) is 18.4 Å². The quantitative estimate of drug-likeness (QED) is 0.901. The van der Waals surface area contributed by atoms with Gasteiger partial charge < -0.3 is 10.0 Å². The van der Waals surface area contributed by atoms with Gasteiger partial charge in [-0.25, -0.2) is 0 Å². The van der Waals surface area contributed by atoms with Gasteiger partial charge in [-0.1, -0.05) is 30.1 Å². The number of aliphatic hydroxyl groups excluding tert-OH is 1. The third-order valence-corrected chi connectivity index (χ3v) is 4.58. The normalized spacial score (nSPS) is 21.9. The molecule has 0 saturated carbocycles.